The van der Waals surface area contributed by atoms with Crippen LogP contribution in [0.1, 0.15) is 11.1 Å². The van der Waals surface area contributed by atoms with Crippen molar-refractivity contribution in [2.45, 2.75) is 6.18 Å². The number of hydrogen-bond donors (Lipinski definition) is 1. The highest BCUT2D eigenvalue weighted by Crippen LogP contribution is 2.28. The Morgan fingerprint density at radius 3 is 2.37 bits per heavy atom. The number of aromatic nitrogens is 1. The van der Waals surface area contributed by atoms with Crippen LogP contribution in [0.2, 0.25) is 0 Å². The normalized spacial score (nSPS) is 11.7. The molecule has 3 nitrogen and oxygen atoms in total. The molecule has 98 valence electrons. The lowest BCUT2D eigenvalue weighted by molar-refractivity contribution is -0.137. The van der Waals surface area contributed by atoms with Crippen LogP contribution in [0.5, 0.6) is 0 Å². The molecule has 1 heterocycles. The highest BCUT2D eigenvalue weighted by atomic mass is 19.4. The van der Waals surface area contributed by atoms with Crippen LogP contribution in [-0.4, -0.2) is 11.2 Å². The molecule has 0 aliphatic rings. The lowest BCUT2D eigenvalue weighted by Gasteiger charge is -2.05. The molecular weight excluding hydrogens is 255 g/mol. The van der Waals surface area contributed by atoms with E-state index in [0.717, 1.165) is 12.1 Å². The van der Waals surface area contributed by atoms with Gasteiger partial charge in [0.1, 0.15) is 5.82 Å². The van der Waals surface area contributed by atoms with E-state index in [1.807, 2.05) is 0 Å². The van der Waals surface area contributed by atoms with Gasteiger partial charge in [-0.1, -0.05) is 18.2 Å². The van der Waals surface area contributed by atoms with Gasteiger partial charge in [-0.3, -0.25) is 5.43 Å². The number of anilines is 1. The zero-order chi connectivity index (χ0) is 13.7. The molecule has 0 spiro atoms. The van der Waals surface area contributed by atoms with Gasteiger partial charge in [-0.15, -0.1) is 0 Å². The summed E-state index contributed by atoms with van der Waals surface area (Å²) in [6.45, 7) is 0. The third-order valence-electron chi connectivity index (χ3n) is 2.30. The molecule has 0 bridgehead atoms. The number of hydrazone groups is 1. The Labute approximate surface area is 107 Å². The van der Waals surface area contributed by atoms with Gasteiger partial charge in [0, 0.05) is 6.20 Å². The Hall–Kier alpha value is -2.37. The molecule has 0 aliphatic carbocycles. The van der Waals surface area contributed by atoms with Crippen molar-refractivity contribution in [3.05, 3.63) is 59.8 Å². The number of alkyl halides is 3. The summed E-state index contributed by atoms with van der Waals surface area (Å²) in [6.07, 6.45) is -1.29. The van der Waals surface area contributed by atoms with Crippen molar-refractivity contribution in [2.75, 3.05) is 5.43 Å². The minimum atomic E-state index is -4.32. The van der Waals surface area contributed by atoms with Gasteiger partial charge in [0.05, 0.1) is 11.8 Å². The molecule has 1 aromatic heterocycles. The average molecular weight is 265 g/mol. The molecule has 0 radical (unpaired) electrons. The highest BCUT2D eigenvalue weighted by Gasteiger charge is 2.29. The molecular formula is C13H10F3N3. The molecule has 19 heavy (non-hydrogen) atoms. The summed E-state index contributed by atoms with van der Waals surface area (Å²) < 4.78 is 37.0. The topological polar surface area (TPSA) is 37.3 Å². The minimum Gasteiger partial charge on any atom is -0.261 e. The van der Waals surface area contributed by atoms with Crippen molar-refractivity contribution in [3.8, 4) is 0 Å². The standard InChI is InChI=1S/C13H10F3N3/c14-13(15,16)11-6-4-10(5-7-11)9-18-19-12-3-1-2-8-17-12/h1-9H,(H,17,19)/b18-9+. The summed E-state index contributed by atoms with van der Waals surface area (Å²) in [5.41, 5.74) is 2.56. The van der Waals surface area contributed by atoms with Crippen LogP contribution in [0.3, 0.4) is 0 Å². The van der Waals surface area contributed by atoms with Crippen LogP contribution < -0.4 is 5.43 Å². The summed E-state index contributed by atoms with van der Waals surface area (Å²) >= 11 is 0. The molecule has 0 saturated carbocycles. The van der Waals surface area contributed by atoms with Crippen molar-refractivity contribution < 1.29 is 13.2 Å². The van der Waals surface area contributed by atoms with E-state index in [0.29, 0.717) is 11.4 Å². The first-order valence-corrected chi connectivity index (χ1v) is 5.43. The molecule has 0 amide bonds. The molecule has 0 aliphatic heterocycles. The second kappa shape index (κ2) is 5.51. The van der Waals surface area contributed by atoms with Crippen LogP contribution in [0.25, 0.3) is 0 Å². The Morgan fingerprint density at radius 1 is 1.05 bits per heavy atom. The van der Waals surface area contributed by atoms with Gasteiger partial charge in [0.2, 0.25) is 0 Å². The number of halogens is 3. The van der Waals surface area contributed by atoms with Gasteiger partial charge >= 0.3 is 6.18 Å². The molecule has 1 N–H and O–H groups in total. The SMILES string of the molecule is FC(F)(F)c1ccc(/C=N/Nc2ccccn2)cc1. The van der Waals surface area contributed by atoms with Gasteiger partial charge in [0.25, 0.3) is 0 Å². The number of hydrogen-bond acceptors (Lipinski definition) is 3. The second-order valence-electron chi connectivity index (χ2n) is 3.70. The van der Waals surface area contributed by atoms with Crippen molar-refractivity contribution in [2.24, 2.45) is 5.10 Å². The fraction of sp³-hybridized carbons (Fsp3) is 0.0769. The summed E-state index contributed by atoms with van der Waals surface area (Å²) in [6, 6.07) is 10.0. The molecule has 2 rings (SSSR count). The molecule has 0 atom stereocenters. The number of nitrogens with zero attached hydrogens (tertiary/aromatic N) is 2. The van der Waals surface area contributed by atoms with E-state index in [4.69, 9.17) is 0 Å². The predicted octanol–water partition coefficient (Wildman–Crippen LogP) is 3.55. The Bertz CT molecular complexity index is 548. The molecule has 0 saturated heterocycles. The van der Waals surface area contributed by atoms with Gasteiger partial charge in [-0.25, -0.2) is 4.98 Å². The first kappa shape index (κ1) is 13.1. The van der Waals surface area contributed by atoms with E-state index >= 15 is 0 Å². The smallest absolute Gasteiger partial charge is 0.261 e. The minimum absolute atomic E-state index is 0.561. The first-order chi connectivity index (χ1) is 9.05. The Balaban J connectivity index is 2.00. The number of benzene rings is 1. The third-order valence-corrected chi connectivity index (χ3v) is 2.30. The number of rotatable bonds is 3. The summed E-state index contributed by atoms with van der Waals surface area (Å²) in [5, 5.41) is 3.88. The van der Waals surface area contributed by atoms with Crippen molar-refractivity contribution in [3.63, 3.8) is 0 Å². The van der Waals surface area contributed by atoms with Gasteiger partial charge < -0.3 is 0 Å². The van der Waals surface area contributed by atoms with Crippen LogP contribution in [-0.2, 0) is 6.18 Å². The second-order valence-corrected chi connectivity index (χ2v) is 3.70. The Kier molecular flexibility index (Phi) is 3.79. The van der Waals surface area contributed by atoms with Crippen molar-refractivity contribution in [1.29, 1.82) is 0 Å². The van der Waals surface area contributed by atoms with Crippen LogP contribution in [0.15, 0.2) is 53.8 Å². The zero-order valence-corrected chi connectivity index (χ0v) is 9.72. The van der Waals surface area contributed by atoms with E-state index in [1.165, 1.54) is 18.3 Å². The van der Waals surface area contributed by atoms with E-state index in [9.17, 15) is 13.2 Å². The summed E-state index contributed by atoms with van der Waals surface area (Å²) in [7, 11) is 0. The monoisotopic (exact) mass is 265 g/mol. The third kappa shape index (κ3) is 3.80. The zero-order valence-electron chi connectivity index (χ0n) is 9.72. The average Bonchev–Trinajstić information content (AvgIpc) is 2.39. The van der Waals surface area contributed by atoms with E-state index in [1.54, 1.807) is 24.4 Å². The van der Waals surface area contributed by atoms with Crippen molar-refractivity contribution >= 4 is 12.0 Å². The van der Waals surface area contributed by atoms with Crippen LogP contribution in [0.4, 0.5) is 19.0 Å². The Morgan fingerprint density at radius 2 is 1.79 bits per heavy atom. The molecule has 6 heteroatoms. The molecule has 0 fully saturated rings. The first-order valence-electron chi connectivity index (χ1n) is 5.43. The lowest BCUT2D eigenvalue weighted by atomic mass is 10.1. The summed E-state index contributed by atoms with van der Waals surface area (Å²) in [4.78, 5) is 3.98. The van der Waals surface area contributed by atoms with E-state index < -0.39 is 11.7 Å². The van der Waals surface area contributed by atoms with Crippen LogP contribution in [0, 0.1) is 0 Å². The lowest BCUT2D eigenvalue weighted by Crippen LogP contribution is -2.04. The van der Waals surface area contributed by atoms with E-state index in [2.05, 4.69) is 15.5 Å². The number of pyridine rings is 1. The van der Waals surface area contributed by atoms with Gasteiger partial charge in [0.15, 0.2) is 0 Å². The van der Waals surface area contributed by atoms with Crippen LogP contribution >= 0.6 is 0 Å². The maximum atomic E-state index is 12.3. The molecule has 0 unspecified atom stereocenters. The fourth-order valence-corrected chi connectivity index (χ4v) is 1.36. The van der Waals surface area contributed by atoms with Gasteiger partial charge in [-0.05, 0) is 29.8 Å². The quantitative estimate of drug-likeness (QED) is 0.680. The van der Waals surface area contributed by atoms with E-state index in [-0.39, 0.29) is 0 Å². The number of nitrogens with one attached hydrogen (secondary N) is 1. The predicted molar refractivity (Wildman–Crippen MR) is 66.9 cm³/mol. The molecule has 1 aromatic carbocycles. The van der Waals surface area contributed by atoms with Gasteiger partial charge in [-0.2, -0.15) is 18.3 Å². The maximum Gasteiger partial charge on any atom is 0.416 e. The van der Waals surface area contributed by atoms with Crippen molar-refractivity contribution in [1.82, 2.24) is 4.98 Å². The highest BCUT2D eigenvalue weighted by molar-refractivity contribution is 5.80. The molecule has 2 aromatic rings. The fourth-order valence-electron chi connectivity index (χ4n) is 1.36. The summed E-state index contributed by atoms with van der Waals surface area (Å²) in [5.74, 6) is 0.561. The largest absolute Gasteiger partial charge is 0.416 e. The maximum absolute atomic E-state index is 12.3.